The Labute approximate surface area is 98.3 Å². The van der Waals surface area contributed by atoms with Crippen LogP contribution in [0.5, 0.6) is 0 Å². The van der Waals surface area contributed by atoms with Gasteiger partial charge in [-0.25, -0.2) is 0 Å². The van der Waals surface area contributed by atoms with Crippen LogP contribution in [0, 0.1) is 5.92 Å². The number of hydrogen-bond donors (Lipinski definition) is 1. The molecule has 94 valence electrons. The molecule has 0 aromatic carbocycles. The lowest BCUT2D eigenvalue weighted by molar-refractivity contribution is -0.130. The van der Waals surface area contributed by atoms with Crippen LogP contribution in [-0.4, -0.2) is 42.8 Å². The molecule has 1 heterocycles. The number of ether oxygens (including phenoxy) is 1. The zero-order valence-electron chi connectivity index (χ0n) is 10.8. The van der Waals surface area contributed by atoms with Crippen molar-refractivity contribution in [3.63, 3.8) is 0 Å². The molecular formula is C12H24N2O2. The van der Waals surface area contributed by atoms with E-state index in [4.69, 9.17) is 4.74 Å². The molecule has 1 aliphatic heterocycles. The minimum Gasteiger partial charge on any atom is -0.377 e. The van der Waals surface area contributed by atoms with Gasteiger partial charge in [-0.05, 0) is 19.8 Å². The van der Waals surface area contributed by atoms with Gasteiger partial charge in [0.25, 0.3) is 0 Å². The molecule has 1 N–H and O–H groups in total. The number of nitrogens with one attached hydrogen (secondary N) is 1. The van der Waals surface area contributed by atoms with E-state index in [2.05, 4.69) is 19.2 Å². The van der Waals surface area contributed by atoms with Gasteiger partial charge in [-0.3, -0.25) is 10.1 Å². The third kappa shape index (κ3) is 3.46. The zero-order valence-corrected chi connectivity index (χ0v) is 10.8. The SMILES string of the molecule is CCC(C)C1NCN(CCOC(C)C)C1=O. The number of nitrogens with zero attached hydrogens (tertiary/aromatic N) is 1. The van der Waals surface area contributed by atoms with E-state index in [0.29, 0.717) is 25.7 Å². The predicted octanol–water partition coefficient (Wildman–Crippen LogP) is 1.22. The van der Waals surface area contributed by atoms with Crippen molar-refractivity contribution >= 4 is 5.91 Å². The molecule has 0 radical (unpaired) electrons. The Bertz CT molecular complexity index is 231. The maximum atomic E-state index is 12.0. The summed E-state index contributed by atoms with van der Waals surface area (Å²) in [6.07, 6.45) is 1.26. The van der Waals surface area contributed by atoms with Crippen LogP contribution in [0.2, 0.25) is 0 Å². The van der Waals surface area contributed by atoms with Gasteiger partial charge in [-0.15, -0.1) is 0 Å². The number of carbonyl (C=O) groups excluding carboxylic acids is 1. The summed E-state index contributed by atoms with van der Waals surface area (Å²) in [4.78, 5) is 13.8. The smallest absolute Gasteiger partial charge is 0.241 e. The number of rotatable bonds is 6. The third-order valence-electron chi connectivity index (χ3n) is 3.11. The van der Waals surface area contributed by atoms with Gasteiger partial charge < -0.3 is 9.64 Å². The van der Waals surface area contributed by atoms with Crippen LogP contribution in [-0.2, 0) is 9.53 Å². The minimum atomic E-state index is 0.00375. The molecule has 0 saturated carbocycles. The maximum absolute atomic E-state index is 12.0. The number of hydrogen-bond acceptors (Lipinski definition) is 3. The summed E-state index contributed by atoms with van der Waals surface area (Å²) < 4.78 is 5.45. The fourth-order valence-electron chi connectivity index (χ4n) is 1.84. The molecule has 4 heteroatoms. The molecule has 1 rings (SSSR count). The van der Waals surface area contributed by atoms with E-state index in [1.165, 1.54) is 0 Å². The molecule has 0 spiro atoms. The summed E-state index contributed by atoms with van der Waals surface area (Å²) in [6.45, 7) is 10.2. The largest absolute Gasteiger partial charge is 0.377 e. The van der Waals surface area contributed by atoms with Crippen LogP contribution >= 0.6 is 0 Å². The first kappa shape index (κ1) is 13.5. The molecule has 4 nitrogen and oxygen atoms in total. The van der Waals surface area contributed by atoms with Crippen molar-refractivity contribution in [1.82, 2.24) is 10.2 Å². The fourth-order valence-corrected chi connectivity index (χ4v) is 1.84. The van der Waals surface area contributed by atoms with Crippen molar-refractivity contribution in [3.8, 4) is 0 Å². The summed E-state index contributed by atoms with van der Waals surface area (Å²) in [5, 5.41) is 3.27. The van der Waals surface area contributed by atoms with Gasteiger partial charge in [-0.2, -0.15) is 0 Å². The topological polar surface area (TPSA) is 41.6 Å². The van der Waals surface area contributed by atoms with Gasteiger partial charge in [-0.1, -0.05) is 20.3 Å². The zero-order chi connectivity index (χ0) is 12.1. The Kier molecular flexibility index (Phi) is 5.22. The lowest BCUT2D eigenvalue weighted by atomic mass is 9.99. The molecule has 1 fully saturated rings. The standard InChI is InChI=1S/C12H24N2O2/c1-5-10(4)11-12(15)14(8-13-11)6-7-16-9(2)3/h9-11,13H,5-8H2,1-4H3. The van der Waals surface area contributed by atoms with Crippen molar-refractivity contribution in [2.45, 2.75) is 46.3 Å². The second kappa shape index (κ2) is 6.21. The molecule has 0 aromatic heterocycles. The second-order valence-corrected chi connectivity index (χ2v) is 4.75. The lowest BCUT2D eigenvalue weighted by Crippen LogP contribution is -2.36. The first-order valence-corrected chi connectivity index (χ1v) is 6.20. The van der Waals surface area contributed by atoms with Crippen LogP contribution < -0.4 is 5.32 Å². The Morgan fingerprint density at radius 2 is 2.19 bits per heavy atom. The van der Waals surface area contributed by atoms with Crippen molar-refractivity contribution in [3.05, 3.63) is 0 Å². The monoisotopic (exact) mass is 228 g/mol. The highest BCUT2D eigenvalue weighted by Gasteiger charge is 2.33. The van der Waals surface area contributed by atoms with Crippen LogP contribution in [0.3, 0.4) is 0 Å². The second-order valence-electron chi connectivity index (χ2n) is 4.75. The predicted molar refractivity (Wildman–Crippen MR) is 64.0 cm³/mol. The molecule has 0 aromatic rings. The lowest BCUT2D eigenvalue weighted by Gasteiger charge is -2.18. The van der Waals surface area contributed by atoms with Gasteiger partial charge in [0.15, 0.2) is 0 Å². The number of amides is 1. The Morgan fingerprint density at radius 3 is 2.75 bits per heavy atom. The summed E-state index contributed by atoms with van der Waals surface area (Å²) in [7, 11) is 0. The normalized spacial score (nSPS) is 23.2. The van der Waals surface area contributed by atoms with E-state index in [1.807, 2.05) is 18.7 Å². The first-order chi connectivity index (χ1) is 7.56. The fraction of sp³-hybridized carbons (Fsp3) is 0.917. The van der Waals surface area contributed by atoms with E-state index in [9.17, 15) is 4.79 Å². The molecule has 2 atom stereocenters. The third-order valence-corrected chi connectivity index (χ3v) is 3.11. The Balaban J connectivity index is 2.33. The molecule has 1 saturated heterocycles. The van der Waals surface area contributed by atoms with Gasteiger partial charge in [0.2, 0.25) is 5.91 Å². The molecule has 1 aliphatic rings. The average Bonchev–Trinajstić information content (AvgIpc) is 2.59. The maximum Gasteiger partial charge on any atom is 0.241 e. The highest BCUT2D eigenvalue weighted by Crippen LogP contribution is 2.14. The van der Waals surface area contributed by atoms with Gasteiger partial charge in [0.1, 0.15) is 0 Å². The van der Waals surface area contributed by atoms with E-state index >= 15 is 0 Å². The van der Waals surface area contributed by atoms with Crippen LogP contribution in [0.25, 0.3) is 0 Å². The Hall–Kier alpha value is -0.610. The van der Waals surface area contributed by atoms with Crippen molar-refractivity contribution in [2.75, 3.05) is 19.8 Å². The van der Waals surface area contributed by atoms with Crippen LogP contribution in [0.1, 0.15) is 34.1 Å². The van der Waals surface area contributed by atoms with E-state index in [0.717, 1.165) is 6.42 Å². The van der Waals surface area contributed by atoms with Crippen molar-refractivity contribution < 1.29 is 9.53 Å². The summed E-state index contributed by atoms with van der Waals surface area (Å²) in [6, 6.07) is 0.00375. The number of carbonyl (C=O) groups is 1. The summed E-state index contributed by atoms with van der Waals surface area (Å²) in [5.74, 6) is 0.630. The van der Waals surface area contributed by atoms with Crippen molar-refractivity contribution in [1.29, 1.82) is 0 Å². The van der Waals surface area contributed by atoms with Gasteiger partial charge in [0, 0.05) is 6.54 Å². The van der Waals surface area contributed by atoms with Crippen LogP contribution in [0.4, 0.5) is 0 Å². The quantitative estimate of drug-likeness (QED) is 0.743. The van der Waals surface area contributed by atoms with E-state index in [1.54, 1.807) is 0 Å². The van der Waals surface area contributed by atoms with Gasteiger partial charge >= 0.3 is 0 Å². The molecule has 0 bridgehead atoms. The Morgan fingerprint density at radius 1 is 1.50 bits per heavy atom. The molecule has 0 aliphatic carbocycles. The highest BCUT2D eigenvalue weighted by atomic mass is 16.5. The minimum absolute atomic E-state index is 0.00375. The molecule has 16 heavy (non-hydrogen) atoms. The summed E-state index contributed by atoms with van der Waals surface area (Å²) >= 11 is 0. The van der Waals surface area contributed by atoms with Crippen LogP contribution in [0.15, 0.2) is 0 Å². The average molecular weight is 228 g/mol. The molecular weight excluding hydrogens is 204 g/mol. The first-order valence-electron chi connectivity index (χ1n) is 6.20. The van der Waals surface area contributed by atoms with E-state index in [-0.39, 0.29) is 18.1 Å². The highest BCUT2D eigenvalue weighted by molar-refractivity contribution is 5.84. The van der Waals surface area contributed by atoms with E-state index < -0.39 is 0 Å². The summed E-state index contributed by atoms with van der Waals surface area (Å²) in [5.41, 5.74) is 0. The molecule has 2 unspecified atom stereocenters. The van der Waals surface area contributed by atoms with Crippen molar-refractivity contribution in [2.24, 2.45) is 5.92 Å². The molecule has 1 amide bonds. The van der Waals surface area contributed by atoms with Gasteiger partial charge in [0.05, 0.1) is 25.4 Å².